The molecule has 5 heteroatoms. The smallest absolute Gasteiger partial charge is 0.137 e. The topological polar surface area (TPSA) is 52.1 Å². The fourth-order valence-corrected chi connectivity index (χ4v) is 3.59. The lowest BCUT2D eigenvalue weighted by Gasteiger charge is -2.28. The van der Waals surface area contributed by atoms with Crippen molar-refractivity contribution in [3.05, 3.63) is 36.2 Å². The molecule has 0 bridgehead atoms. The number of hydrogen-bond donors (Lipinski definition) is 2. The predicted octanol–water partition coefficient (Wildman–Crippen LogP) is 3.17. The average Bonchev–Trinajstić information content (AvgIpc) is 2.90. The molecule has 0 amide bonds. The van der Waals surface area contributed by atoms with E-state index >= 15 is 0 Å². The first-order valence-electron chi connectivity index (χ1n) is 6.72. The predicted molar refractivity (Wildman–Crippen MR) is 87.1 cm³/mol. The van der Waals surface area contributed by atoms with Crippen LogP contribution in [0.15, 0.2) is 30.6 Å². The van der Waals surface area contributed by atoms with Crippen LogP contribution in [-0.4, -0.2) is 43.8 Å². The molecule has 0 aromatic carbocycles. The number of aromatic amines is 1. The molecule has 2 N–H and O–H groups in total. The highest BCUT2D eigenvalue weighted by Gasteiger charge is 2.16. The molecule has 106 valence electrons. The Kier molecular flexibility index (Phi) is 3.74. The number of rotatable bonds is 2. The summed E-state index contributed by atoms with van der Waals surface area (Å²) in [6, 6.07) is 4.08. The van der Waals surface area contributed by atoms with Crippen LogP contribution in [0.2, 0.25) is 0 Å². The molecule has 0 radical (unpaired) electrons. The van der Waals surface area contributed by atoms with Gasteiger partial charge in [-0.3, -0.25) is 4.31 Å². The van der Waals surface area contributed by atoms with Crippen molar-refractivity contribution in [3.8, 4) is 0 Å². The molecular weight excluding hydrogens is 270 g/mol. The van der Waals surface area contributed by atoms with E-state index in [2.05, 4.69) is 32.7 Å². The zero-order valence-electron chi connectivity index (χ0n) is 11.8. The molecule has 4 nitrogen and oxygen atoms in total. The summed E-state index contributed by atoms with van der Waals surface area (Å²) < 4.78 is 2.31. The molecule has 0 aliphatic carbocycles. The SMILES string of the molecule is C/C(O)=S(\C)N1CC=C(c2c[nH]c3ncccc23)CC1. The van der Waals surface area contributed by atoms with Gasteiger partial charge in [-0.1, -0.05) is 16.7 Å². The van der Waals surface area contributed by atoms with Crippen molar-refractivity contribution in [2.75, 3.05) is 19.3 Å². The minimum absolute atomic E-state index is 0.156. The Morgan fingerprint density at radius 3 is 3.05 bits per heavy atom. The number of H-pyrrole nitrogens is 1. The van der Waals surface area contributed by atoms with Gasteiger partial charge in [-0.05, 0) is 37.3 Å². The molecule has 0 fully saturated rings. The van der Waals surface area contributed by atoms with E-state index in [0.29, 0.717) is 5.05 Å². The summed E-state index contributed by atoms with van der Waals surface area (Å²) in [5.74, 6) is 0. The average molecular weight is 289 g/mol. The monoisotopic (exact) mass is 289 g/mol. The molecule has 0 saturated carbocycles. The zero-order chi connectivity index (χ0) is 14.1. The Bertz CT molecular complexity index is 698. The highest BCUT2D eigenvalue weighted by molar-refractivity contribution is 8.13. The van der Waals surface area contributed by atoms with E-state index < -0.39 is 0 Å². The first kappa shape index (κ1) is 13.5. The van der Waals surface area contributed by atoms with Gasteiger partial charge in [0, 0.05) is 36.4 Å². The third kappa shape index (κ3) is 2.44. The van der Waals surface area contributed by atoms with Crippen LogP contribution in [0.3, 0.4) is 0 Å². The maximum atomic E-state index is 9.62. The standard InChI is InChI=1S/C15H19N3OS/c1-11(19)20(2)18-8-5-12(6-9-18)14-10-17-15-13(14)4-3-7-16-15/h3-5,7,10,19H,6,8-9H2,1-2H3,(H,16,17). The van der Waals surface area contributed by atoms with Crippen molar-refractivity contribution in [1.82, 2.24) is 14.3 Å². The molecule has 0 saturated heterocycles. The van der Waals surface area contributed by atoms with Gasteiger partial charge in [0.1, 0.15) is 5.65 Å². The lowest BCUT2D eigenvalue weighted by molar-refractivity contribution is 0.510. The molecule has 3 heterocycles. The molecule has 3 rings (SSSR count). The second-order valence-electron chi connectivity index (χ2n) is 4.97. The van der Waals surface area contributed by atoms with Crippen LogP contribution >= 0.6 is 10.7 Å². The van der Waals surface area contributed by atoms with E-state index in [9.17, 15) is 5.11 Å². The number of hydrogen-bond acceptors (Lipinski definition) is 2. The quantitative estimate of drug-likeness (QED) is 0.835. The van der Waals surface area contributed by atoms with Crippen molar-refractivity contribution >= 4 is 32.3 Å². The van der Waals surface area contributed by atoms with Gasteiger partial charge in [0.05, 0.1) is 5.05 Å². The van der Waals surface area contributed by atoms with Gasteiger partial charge in [-0.25, -0.2) is 4.98 Å². The Morgan fingerprint density at radius 1 is 1.50 bits per heavy atom. The molecule has 1 unspecified atom stereocenters. The molecule has 2 aromatic heterocycles. The minimum Gasteiger partial charge on any atom is -0.358 e. The van der Waals surface area contributed by atoms with E-state index in [4.69, 9.17) is 0 Å². The van der Waals surface area contributed by atoms with Crippen molar-refractivity contribution in [2.45, 2.75) is 13.3 Å². The molecule has 1 aliphatic heterocycles. The highest BCUT2D eigenvalue weighted by atomic mass is 32.2. The van der Waals surface area contributed by atoms with Crippen LogP contribution < -0.4 is 0 Å². The van der Waals surface area contributed by atoms with Crippen LogP contribution in [0.1, 0.15) is 18.9 Å². The van der Waals surface area contributed by atoms with Gasteiger partial charge < -0.3 is 10.1 Å². The number of aliphatic hydroxyl groups excluding tert-OH is 1. The Labute approximate surface area is 121 Å². The fourth-order valence-electron chi connectivity index (χ4n) is 2.55. The maximum absolute atomic E-state index is 9.62. The fraction of sp³-hybridized carbons (Fsp3) is 0.333. The van der Waals surface area contributed by atoms with Crippen LogP contribution in [-0.2, 0) is 0 Å². The number of fused-ring (bicyclic) bond motifs is 1. The summed E-state index contributed by atoms with van der Waals surface area (Å²) in [5.41, 5.74) is 3.57. The normalized spacial score (nSPS) is 18.9. The molecule has 1 aliphatic rings. The van der Waals surface area contributed by atoms with Crippen molar-refractivity contribution in [2.24, 2.45) is 0 Å². The molecule has 0 spiro atoms. The molecule has 1 atom stereocenters. The lowest BCUT2D eigenvalue weighted by Crippen LogP contribution is -2.24. The van der Waals surface area contributed by atoms with E-state index in [1.165, 1.54) is 16.5 Å². The van der Waals surface area contributed by atoms with Crippen LogP contribution in [0, 0.1) is 0 Å². The summed E-state index contributed by atoms with van der Waals surface area (Å²) in [5, 5.41) is 11.3. The van der Waals surface area contributed by atoms with Crippen LogP contribution in [0.4, 0.5) is 0 Å². The van der Waals surface area contributed by atoms with E-state index in [1.807, 2.05) is 18.5 Å². The van der Waals surface area contributed by atoms with Gasteiger partial charge in [0.25, 0.3) is 0 Å². The van der Waals surface area contributed by atoms with Crippen molar-refractivity contribution in [1.29, 1.82) is 0 Å². The Morgan fingerprint density at radius 2 is 2.35 bits per heavy atom. The second-order valence-corrected chi connectivity index (χ2v) is 7.03. The first-order chi connectivity index (χ1) is 9.66. The van der Waals surface area contributed by atoms with Crippen molar-refractivity contribution < 1.29 is 5.11 Å². The molecular formula is C15H19N3OS. The Balaban J connectivity index is 1.89. The van der Waals surface area contributed by atoms with Crippen LogP contribution in [0.5, 0.6) is 0 Å². The number of nitrogens with zero attached hydrogens (tertiary/aromatic N) is 2. The highest BCUT2D eigenvalue weighted by Crippen LogP contribution is 2.31. The van der Waals surface area contributed by atoms with Gasteiger partial charge in [-0.2, -0.15) is 0 Å². The van der Waals surface area contributed by atoms with Gasteiger partial charge in [0.2, 0.25) is 0 Å². The maximum Gasteiger partial charge on any atom is 0.137 e. The lowest BCUT2D eigenvalue weighted by atomic mass is 10.0. The summed E-state index contributed by atoms with van der Waals surface area (Å²) >= 11 is 0. The third-order valence-electron chi connectivity index (χ3n) is 3.78. The largest absolute Gasteiger partial charge is 0.358 e. The van der Waals surface area contributed by atoms with E-state index in [0.717, 1.165) is 25.2 Å². The van der Waals surface area contributed by atoms with Gasteiger partial charge >= 0.3 is 0 Å². The number of nitrogens with one attached hydrogen (secondary N) is 1. The van der Waals surface area contributed by atoms with Gasteiger partial charge in [-0.15, -0.1) is 0 Å². The molecule has 2 aromatic rings. The summed E-state index contributed by atoms with van der Waals surface area (Å²) in [6.45, 7) is 3.66. The summed E-state index contributed by atoms with van der Waals surface area (Å²) in [4.78, 5) is 7.56. The molecule has 20 heavy (non-hydrogen) atoms. The number of pyridine rings is 1. The van der Waals surface area contributed by atoms with E-state index in [-0.39, 0.29) is 10.7 Å². The zero-order valence-corrected chi connectivity index (χ0v) is 12.6. The Hall–Kier alpha value is -1.43. The van der Waals surface area contributed by atoms with Gasteiger partial charge in [0.15, 0.2) is 0 Å². The summed E-state index contributed by atoms with van der Waals surface area (Å²) in [7, 11) is -0.156. The van der Waals surface area contributed by atoms with Crippen molar-refractivity contribution in [3.63, 3.8) is 0 Å². The van der Waals surface area contributed by atoms with E-state index in [1.54, 1.807) is 6.92 Å². The summed E-state index contributed by atoms with van der Waals surface area (Å²) in [6.07, 6.45) is 9.21. The van der Waals surface area contributed by atoms with Crippen LogP contribution in [0.25, 0.3) is 16.6 Å². The number of aliphatic hydroxyl groups is 1. The third-order valence-corrected chi connectivity index (χ3v) is 5.75. The number of aromatic nitrogens is 2. The second kappa shape index (κ2) is 5.52. The first-order valence-corrected chi connectivity index (χ1v) is 8.31. The minimum atomic E-state index is -0.156.